The normalized spacial score (nSPS) is 13.8. The molecule has 0 spiro atoms. The molecule has 2 heterocycles. The van der Waals surface area contributed by atoms with Gasteiger partial charge >= 0.3 is 0 Å². The highest BCUT2D eigenvalue weighted by molar-refractivity contribution is 5.34. The number of benzene rings is 1. The average Bonchev–Trinajstić information content (AvgIpc) is 3.16. The summed E-state index contributed by atoms with van der Waals surface area (Å²) in [6.07, 6.45) is 2.38. The molecular formula is C18H19F2N5. The Balaban J connectivity index is 1.65. The smallest absolute Gasteiger partial charge is 0.280 e. The molecular weight excluding hydrogens is 324 g/mol. The second kappa shape index (κ2) is 7.48. The van der Waals surface area contributed by atoms with E-state index < -0.39 is 6.43 Å². The van der Waals surface area contributed by atoms with E-state index in [0.29, 0.717) is 0 Å². The molecule has 2 atom stereocenters. The molecule has 0 fully saturated rings. The molecule has 5 nitrogen and oxygen atoms in total. The van der Waals surface area contributed by atoms with Crippen molar-refractivity contribution in [2.45, 2.75) is 32.4 Å². The van der Waals surface area contributed by atoms with Gasteiger partial charge in [-0.25, -0.2) is 13.5 Å². The number of hydrogen-bond donors (Lipinski definition) is 1. The molecule has 3 rings (SSSR count). The maximum atomic E-state index is 12.6. The van der Waals surface area contributed by atoms with E-state index in [-0.39, 0.29) is 17.8 Å². The summed E-state index contributed by atoms with van der Waals surface area (Å²) in [6, 6.07) is 11.2. The molecule has 0 bridgehead atoms. The minimum absolute atomic E-state index is 0.00999. The zero-order valence-electron chi connectivity index (χ0n) is 14.0. The topological polar surface area (TPSA) is 55.6 Å². The van der Waals surface area contributed by atoms with Gasteiger partial charge in [0.15, 0.2) is 0 Å². The van der Waals surface area contributed by atoms with Crippen LogP contribution in [-0.4, -0.2) is 20.0 Å². The molecule has 25 heavy (non-hydrogen) atoms. The first-order chi connectivity index (χ1) is 12.0. The third-order valence-electron chi connectivity index (χ3n) is 4.11. The van der Waals surface area contributed by atoms with Crippen LogP contribution in [0.25, 0.3) is 5.69 Å². The minimum atomic E-state index is -2.54. The maximum absolute atomic E-state index is 12.6. The Labute approximate surface area is 144 Å². The Kier molecular flexibility index (Phi) is 5.14. The molecule has 1 aromatic carbocycles. The van der Waals surface area contributed by atoms with Crippen LogP contribution in [0.15, 0.2) is 55.0 Å². The maximum Gasteiger partial charge on any atom is 0.280 e. The van der Waals surface area contributed by atoms with E-state index in [1.807, 2.05) is 31.2 Å². The Bertz CT molecular complexity index is 785. The van der Waals surface area contributed by atoms with Gasteiger partial charge in [0, 0.05) is 18.3 Å². The molecule has 0 radical (unpaired) electrons. The van der Waals surface area contributed by atoms with Gasteiger partial charge in [0.2, 0.25) is 0 Å². The molecule has 7 heteroatoms. The fourth-order valence-electron chi connectivity index (χ4n) is 2.63. The molecule has 2 unspecified atom stereocenters. The highest BCUT2D eigenvalue weighted by Crippen LogP contribution is 2.22. The van der Waals surface area contributed by atoms with Crippen LogP contribution in [0.4, 0.5) is 8.78 Å². The van der Waals surface area contributed by atoms with Crippen molar-refractivity contribution < 1.29 is 8.78 Å². The van der Waals surface area contributed by atoms with Gasteiger partial charge in [0.25, 0.3) is 6.43 Å². The SMILES string of the molecule is CC(NC(C)c1ccc(C(F)F)nc1)c1ccc(-n2ccnn2)cc1. The molecule has 0 amide bonds. The number of rotatable bonds is 6. The number of alkyl halides is 2. The number of pyridine rings is 1. The van der Waals surface area contributed by atoms with Crippen molar-refractivity contribution in [3.05, 3.63) is 71.8 Å². The minimum Gasteiger partial charge on any atom is -0.304 e. The zero-order valence-corrected chi connectivity index (χ0v) is 14.0. The summed E-state index contributed by atoms with van der Waals surface area (Å²) >= 11 is 0. The van der Waals surface area contributed by atoms with E-state index >= 15 is 0 Å². The Morgan fingerprint density at radius 1 is 0.960 bits per heavy atom. The molecule has 3 aromatic rings. The molecule has 0 aliphatic heterocycles. The van der Waals surface area contributed by atoms with Crippen molar-refractivity contribution in [3.63, 3.8) is 0 Å². The monoisotopic (exact) mass is 343 g/mol. The number of nitrogens with one attached hydrogen (secondary N) is 1. The van der Waals surface area contributed by atoms with E-state index in [1.165, 1.54) is 12.3 Å². The van der Waals surface area contributed by atoms with Crippen LogP contribution < -0.4 is 5.32 Å². The molecule has 0 aliphatic carbocycles. The lowest BCUT2D eigenvalue weighted by molar-refractivity contribution is 0.146. The van der Waals surface area contributed by atoms with Crippen molar-refractivity contribution in [2.24, 2.45) is 0 Å². The van der Waals surface area contributed by atoms with Gasteiger partial charge < -0.3 is 5.32 Å². The van der Waals surface area contributed by atoms with Gasteiger partial charge in [0.05, 0.1) is 18.1 Å². The van der Waals surface area contributed by atoms with Crippen molar-refractivity contribution in [1.29, 1.82) is 0 Å². The predicted octanol–water partition coefficient (Wildman–Crippen LogP) is 4.01. The van der Waals surface area contributed by atoms with Gasteiger partial charge in [-0.15, -0.1) is 5.10 Å². The molecule has 130 valence electrons. The van der Waals surface area contributed by atoms with E-state index in [0.717, 1.165) is 16.8 Å². The summed E-state index contributed by atoms with van der Waals surface area (Å²) in [6.45, 7) is 4.04. The standard InChI is InChI=1S/C18H19F2N5/c1-12(14-3-6-16(7-4-14)25-10-9-22-24-25)23-13(2)15-5-8-17(18(19)20)21-11-15/h3-13,18,23H,1-2H3. The quantitative estimate of drug-likeness (QED) is 0.735. The van der Waals surface area contributed by atoms with Crippen LogP contribution in [-0.2, 0) is 0 Å². The van der Waals surface area contributed by atoms with Gasteiger partial charge in [-0.05, 0) is 43.2 Å². The van der Waals surface area contributed by atoms with Crippen molar-refractivity contribution in [2.75, 3.05) is 0 Å². The third kappa shape index (κ3) is 4.06. The predicted molar refractivity (Wildman–Crippen MR) is 90.5 cm³/mol. The summed E-state index contributed by atoms with van der Waals surface area (Å²) in [5.74, 6) is 0. The van der Waals surface area contributed by atoms with Crippen LogP contribution in [0, 0.1) is 0 Å². The van der Waals surface area contributed by atoms with Crippen molar-refractivity contribution in [3.8, 4) is 5.69 Å². The molecule has 0 saturated heterocycles. The summed E-state index contributed by atoms with van der Waals surface area (Å²) in [4.78, 5) is 3.81. The highest BCUT2D eigenvalue weighted by atomic mass is 19.3. The molecule has 0 saturated carbocycles. The van der Waals surface area contributed by atoms with Gasteiger partial charge in [-0.3, -0.25) is 4.98 Å². The van der Waals surface area contributed by atoms with Crippen LogP contribution in [0.5, 0.6) is 0 Å². The number of aromatic nitrogens is 4. The first-order valence-electron chi connectivity index (χ1n) is 8.01. The Morgan fingerprint density at radius 3 is 2.20 bits per heavy atom. The second-order valence-electron chi connectivity index (χ2n) is 5.87. The van der Waals surface area contributed by atoms with E-state index in [1.54, 1.807) is 23.1 Å². The first-order valence-corrected chi connectivity index (χ1v) is 8.01. The lowest BCUT2D eigenvalue weighted by Crippen LogP contribution is -2.22. The largest absolute Gasteiger partial charge is 0.304 e. The lowest BCUT2D eigenvalue weighted by atomic mass is 10.0. The van der Waals surface area contributed by atoms with Gasteiger partial charge in [-0.1, -0.05) is 23.4 Å². The van der Waals surface area contributed by atoms with E-state index in [9.17, 15) is 8.78 Å². The number of nitrogens with zero attached hydrogens (tertiary/aromatic N) is 4. The second-order valence-corrected chi connectivity index (χ2v) is 5.87. The summed E-state index contributed by atoms with van der Waals surface area (Å²) in [5, 5.41) is 11.2. The third-order valence-corrected chi connectivity index (χ3v) is 4.11. The van der Waals surface area contributed by atoms with Gasteiger partial charge in [0.1, 0.15) is 5.69 Å². The molecule has 2 aromatic heterocycles. The highest BCUT2D eigenvalue weighted by Gasteiger charge is 2.14. The summed E-state index contributed by atoms with van der Waals surface area (Å²) < 4.78 is 26.9. The van der Waals surface area contributed by atoms with Crippen molar-refractivity contribution in [1.82, 2.24) is 25.3 Å². The van der Waals surface area contributed by atoms with E-state index in [2.05, 4.69) is 27.5 Å². The van der Waals surface area contributed by atoms with Crippen LogP contribution in [0.2, 0.25) is 0 Å². The summed E-state index contributed by atoms with van der Waals surface area (Å²) in [5.41, 5.74) is 2.73. The van der Waals surface area contributed by atoms with E-state index in [4.69, 9.17) is 0 Å². The molecule has 0 aliphatic rings. The number of hydrogen-bond acceptors (Lipinski definition) is 4. The zero-order chi connectivity index (χ0) is 17.8. The molecule has 1 N–H and O–H groups in total. The fourth-order valence-corrected chi connectivity index (χ4v) is 2.63. The van der Waals surface area contributed by atoms with Gasteiger partial charge in [-0.2, -0.15) is 0 Å². The summed E-state index contributed by atoms with van der Waals surface area (Å²) in [7, 11) is 0. The number of halogens is 2. The Hall–Kier alpha value is -2.67. The fraction of sp³-hybridized carbons (Fsp3) is 0.278. The van der Waals surface area contributed by atoms with Crippen molar-refractivity contribution >= 4 is 0 Å². The lowest BCUT2D eigenvalue weighted by Gasteiger charge is -2.21. The van der Waals surface area contributed by atoms with Crippen LogP contribution in [0.3, 0.4) is 0 Å². The Morgan fingerprint density at radius 2 is 1.64 bits per heavy atom. The average molecular weight is 343 g/mol. The van der Waals surface area contributed by atoms with Crippen LogP contribution in [0.1, 0.15) is 49.2 Å². The first kappa shape index (κ1) is 17.2. The van der Waals surface area contributed by atoms with Crippen LogP contribution >= 0.6 is 0 Å².